The van der Waals surface area contributed by atoms with Gasteiger partial charge in [-0.15, -0.1) is 0 Å². The summed E-state index contributed by atoms with van der Waals surface area (Å²) < 4.78 is 14.9. The lowest BCUT2D eigenvalue weighted by molar-refractivity contribution is 0.627. The highest BCUT2D eigenvalue weighted by Crippen LogP contribution is 2.31. The Morgan fingerprint density at radius 2 is 2.07 bits per heavy atom. The number of hydrogen-bond donors (Lipinski definition) is 2. The van der Waals surface area contributed by atoms with E-state index >= 15 is 0 Å². The summed E-state index contributed by atoms with van der Waals surface area (Å²) in [5.41, 5.74) is 2.91. The summed E-state index contributed by atoms with van der Waals surface area (Å²) in [7, 11) is 0. The quantitative estimate of drug-likeness (QED) is 0.494. The minimum Gasteiger partial charge on any atom is -0.349 e. The van der Waals surface area contributed by atoms with Crippen molar-refractivity contribution in [2.75, 3.05) is 5.32 Å². The van der Waals surface area contributed by atoms with Gasteiger partial charge >= 0.3 is 0 Å². The minimum absolute atomic E-state index is 0.0208. The van der Waals surface area contributed by atoms with Crippen molar-refractivity contribution in [3.05, 3.63) is 64.3 Å². The SMILES string of the molecule is Fc1ccc(-n2nnnc2NCc2cccnc2-c2cn[nH]c2)c(Cl)c1Cl. The number of pyridine rings is 1. The predicted molar refractivity (Wildman–Crippen MR) is 98.3 cm³/mol. The lowest BCUT2D eigenvalue weighted by atomic mass is 10.1. The van der Waals surface area contributed by atoms with E-state index in [1.165, 1.54) is 16.8 Å². The molecular weight excluding hydrogens is 394 g/mol. The van der Waals surface area contributed by atoms with Gasteiger partial charge in [0.1, 0.15) is 5.82 Å². The number of tetrazole rings is 1. The average molecular weight is 405 g/mol. The van der Waals surface area contributed by atoms with E-state index in [4.69, 9.17) is 23.2 Å². The first kappa shape index (κ1) is 17.4. The maximum absolute atomic E-state index is 13.5. The molecule has 0 saturated carbocycles. The molecule has 0 aliphatic heterocycles. The molecule has 2 N–H and O–H groups in total. The number of nitrogens with zero attached hydrogens (tertiary/aromatic N) is 6. The van der Waals surface area contributed by atoms with Crippen LogP contribution in [0.4, 0.5) is 10.3 Å². The molecule has 0 bridgehead atoms. The van der Waals surface area contributed by atoms with Crippen LogP contribution in [0.5, 0.6) is 0 Å². The van der Waals surface area contributed by atoms with Crippen LogP contribution in [0.1, 0.15) is 5.56 Å². The number of aromatic nitrogens is 7. The smallest absolute Gasteiger partial charge is 0.248 e. The van der Waals surface area contributed by atoms with E-state index in [1.54, 1.807) is 18.6 Å². The molecule has 0 saturated heterocycles. The summed E-state index contributed by atoms with van der Waals surface area (Å²) in [5.74, 6) is -0.297. The summed E-state index contributed by atoms with van der Waals surface area (Å²) in [5, 5.41) is 21.2. The van der Waals surface area contributed by atoms with Crippen molar-refractivity contribution in [1.29, 1.82) is 0 Å². The number of rotatable bonds is 5. The van der Waals surface area contributed by atoms with Crippen LogP contribution in [0.2, 0.25) is 10.0 Å². The molecule has 0 amide bonds. The molecule has 4 aromatic rings. The summed E-state index contributed by atoms with van der Waals surface area (Å²) >= 11 is 12.0. The molecule has 0 aliphatic rings. The van der Waals surface area contributed by atoms with Crippen LogP contribution in [0.3, 0.4) is 0 Å². The molecule has 0 spiro atoms. The third kappa shape index (κ3) is 3.34. The molecule has 0 radical (unpaired) electrons. The van der Waals surface area contributed by atoms with Gasteiger partial charge in [-0.05, 0) is 34.2 Å². The summed E-state index contributed by atoms with van der Waals surface area (Å²) in [6, 6.07) is 6.41. The van der Waals surface area contributed by atoms with Crippen LogP contribution >= 0.6 is 23.2 Å². The van der Waals surface area contributed by atoms with Crippen LogP contribution in [0.25, 0.3) is 16.9 Å². The van der Waals surface area contributed by atoms with Crippen molar-refractivity contribution in [2.45, 2.75) is 6.54 Å². The predicted octanol–water partition coefficient (Wildman–Crippen LogP) is 3.51. The molecule has 3 heterocycles. The van der Waals surface area contributed by atoms with Gasteiger partial charge in [-0.3, -0.25) is 10.1 Å². The summed E-state index contributed by atoms with van der Waals surface area (Å²) in [6.45, 7) is 0.390. The number of anilines is 1. The van der Waals surface area contributed by atoms with Gasteiger partial charge in [0.25, 0.3) is 0 Å². The van der Waals surface area contributed by atoms with E-state index in [0.29, 0.717) is 18.2 Å². The highest BCUT2D eigenvalue weighted by Gasteiger charge is 2.16. The molecule has 4 rings (SSSR count). The topological polar surface area (TPSA) is 97.2 Å². The van der Waals surface area contributed by atoms with E-state index in [1.807, 2.05) is 12.1 Å². The third-order valence-electron chi connectivity index (χ3n) is 3.81. The Labute approximate surface area is 162 Å². The van der Waals surface area contributed by atoms with Gasteiger partial charge < -0.3 is 5.32 Å². The second-order valence-corrected chi connectivity index (χ2v) is 6.22. The first-order chi connectivity index (χ1) is 13.1. The summed E-state index contributed by atoms with van der Waals surface area (Å²) in [6.07, 6.45) is 5.16. The van der Waals surface area contributed by atoms with Crippen molar-refractivity contribution in [1.82, 2.24) is 35.4 Å². The Balaban J connectivity index is 1.62. The van der Waals surface area contributed by atoms with Crippen molar-refractivity contribution in [3.63, 3.8) is 0 Å². The zero-order valence-corrected chi connectivity index (χ0v) is 15.1. The number of nitrogens with one attached hydrogen (secondary N) is 2. The fourth-order valence-corrected chi connectivity index (χ4v) is 2.93. The molecule has 27 heavy (non-hydrogen) atoms. The molecule has 1 aromatic carbocycles. The van der Waals surface area contributed by atoms with Crippen LogP contribution in [0, 0.1) is 5.82 Å². The first-order valence-electron chi connectivity index (χ1n) is 7.74. The van der Waals surface area contributed by atoms with E-state index in [-0.39, 0.29) is 10.0 Å². The largest absolute Gasteiger partial charge is 0.349 e. The Morgan fingerprint density at radius 1 is 1.19 bits per heavy atom. The Hall–Kier alpha value is -3.04. The molecule has 8 nitrogen and oxygen atoms in total. The second-order valence-electron chi connectivity index (χ2n) is 5.46. The molecule has 3 aromatic heterocycles. The van der Waals surface area contributed by atoms with Crippen LogP contribution in [0.15, 0.2) is 42.9 Å². The second kappa shape index (κ2) is 7.29. The van der Waals surface area contributed by atoms with Crippen LogP contribution in [-0.2, 0) is 6.54 Å². The van der Waals surface area contributed by atoms with Gasteiger partial charge in [-0.1, -0.05) is 34.4 Å². The van der Waals surface area contributed by atoms with Gasteiger partial charge in [0.15, 0.2) is 0 Å². The molecule has 0 atom stereocenters. The standard InChI is InChI=1S/C16H11Cl2FN8/c17-13-11(19)3-4-12(14(13)18)27-16(24-25-26-27)21-6-9-2-1-5-20-15(9)10-7-22-23-8-10/h1-5,7-8H,6H2,(H,22,23)(H,21,24,26). The fourth-order valence-electron chi connectivity index (χ4n) is 2.53. The lowest BCUT2D eigenvalue weighted by Gasteiger charge is -2.11. The van der Waals surface area contributed by atoms with Crippen molar-refractivity contribution < 1.29 is 4.39 Å². The molecular formula is C16H11Cl2FN8. The van der Waals surface area contributed by atoms with Crippen LogP contribution < -0.4 is 5.32 Å². The average Bonchev–Trinajstić information content (AvgIpc) is 3.37. The highest BCUT2D eigenvalue weighted by molar-refractivity contribution is 6.43. The van der Waals surface area contributed by atoms with Crippen molar-refractivity contribution >= 4 is 29.2 Å². The number of H-pyrrole nitrogens is 1. The van der Waals surface area contributed by atoms with Crippen LogP contribution in [-0.4, -0.2) is 35.4 Å². The fraction of sp³-hybridized carbons (Fsp3) is 0.0625. The maximum Gasteiger partial charge on any atom is 0.248 e. The van der Waals surface area contributed by atoms with Crippen molar-refractivity contribution in [3.8, 4) is 16.9 Å². The molecule has 0 fully saturated rings. The van der Waals surface area contributed by atoms with Gasteiger partial charge in [0.2, 0.25) is 5.95 Å². The lowest BCUT2D eigenvalue weighted by Crippen LogP contribution is -2.09. The van der Waals surface area contributed by atoms with E-state index in [0.717, 1.165) is 16.8 Å². The van der Waals surface area contributed by atoms with Gasteiger partial charge in [-0.2, -0.15) is 9.78 Å². The monoisotopic (exact) mass is 404 g/mol. The molecule has 136 valence electrons. The zero-order chi connectivity index (χ0) is 18.8. The van der Waals surface area contributed by atoms with Gasteiger partial charge in [0.05, 0.1) is 27.6 Å². The first-order valence-corrected chi connectivity index (χ1v) is 8.50. The Kier molecular flexibility index (Phi) is 4.69. The summed E-state index contributed by atoms with van der Waals surface area (Å²) in [4.78, 5) is 4.40. The Morgan fingerprint density at radius 3 is 2.89 bits per heavy atom. The number of hydrogen-bond acceptors (Lipinski definition) is 6. The van der Waals surface area contributed by atoms with E-state index in [2.05, 4.69) is 36.0 Å². The number of aromatic amines is 1. The van der Waals surface area contributed by atoms with E-state index in [9.17, 15) is 4.39 Å². The van der Waals surface area contributed by atoms with Gasteiger partial charge in [-0.25, -0.2) is 4.39 Å². The number of benzene rings is 1. The maximum atomic E-state index is 13.5. The Bertz CT molecular complexity index is 1080. The van der Waals surface area contributed by atoms with Crippen molar-refractivity contribution in [2.24, 2.45) is 0 Å². The minimum atomic E-state index is -0.617. The molecule has 0 unspecified atom stereocenters. The van der Waals surface area contributed by atoms with Gasteiger partial charge in [0, 0.05) is 24.5 Å². The zero-order valence-electron chi connectivity index (χ0n) is 13.6. The normalized spacial score (nSPS) is 10.9. The highest BCUT2D eigenvalue weighted by atomic mass is 35.5. The third-order valence-corrected chi connectivity index (χ3v) is 4.66. The molecule has 0 aliphatic carbocycles. The number of halogens is 3. The van der Waals surface area contributed by atoms with E-state index < -0.39 is 5.82 Å². The molecule has 11 heteroatoms.